The van der Waals surface area contributed by atoms with Crippen LogP contribution in [0.2, 0.25) is 0 Å². The number of rotatable bonds is 3. The van der Waals surface area contributed by atoms with Crippen molar-refractivity contribution < 1.29 is 18.0 Å². The van der Waals surface area contributed by atoms with Crippen molar-refractivity contribution in [3.63, 3.8) is 0 Å². The second kappa shape index (κ2) is 6.03. The van der Waals surface area contributed by atoms with E-state index in [1.807, 2.05) is 24.6 Å². The summed E-state index contributed by atoms with van der Waals surface area (Å²) in [7, 11) is 0. The third-order valence-corrected chi connectivity index (χ3v) is 4.27. The van der Waals surface area contributed by atoms with Crippen LogP contribution in [0.4, 0.5) is 13.2 Å². The van der Waals surface area contributed by atoms with Gasteiger partial charge in [0.2, 0.25) is 0 Å². The van der Waals surface area contributed by atoms with Gasteiger partial charge in [0, 0.05) is 42.3 Å². The number of Topliss-reactive ketones (excluding diaryl/α,β-unsaturated/α-hetero) is 1. The smallest absolute Gasteiger partial charge is 0.300 e. The summed E-state index contributed by atoms with van der Waals surface area (Å²) in [5.74, 6) is 0.373. The molecule has 0 saturated heterocycles. The molecule has 1 aliphatic rings. The van der Waals surface area contributed by atoms with Gasteiger partial charge in [-0.25, -0.2) is 0 Å². The first-order valence-electron chi connectivity index (χ1n) is 7.90. The minimum Gasteiger partial charge on any atom is -0.300 e. The Kier molecular flexibility index (Phi) is 4.19. The summed E-state index contributed by atoms with van der Waals surface area (Å²) >= 11 is 0. The molecular weight excluding hydrogens is 319 g/mol. The molecule has 4 nitrogen and oxygen atoms in total. The summed E-state index contributed by atoms with van der Waals surface area (Å²) in [6.45, 7) is 3.98. The molecule has 1 unspecified atom stereocenters. The van der Waals surface area contributed by atoms with Crippen LogP contribution < -0.4 is 0 Å². The molecule has 1 fully saturated rings. The molecule has 2 aromatic heterocycles. The second-order valence-electron chi connectivity index (χ2n) is 6.40. The number of carbonyl (C=O) groups excluding carboxylic acids is 1. The molecule has 0 spiro atoms. The van der Waals surface area contributed by atoms with Gasteiger partial charge in [-0.15, -0.1) is 0 Å². The predicted octanol–water partition coefficient (Wildman–Crippen LogP) is 4.38. The molecule has 2 aromatic rings. The summed E-state index contributed by atoms with van der Waals surface area (Å²) in [5, 5.41) is 4.53. The lowest BCUT2D eigenvalue weighted by molar-refractivity contribution is -0.141. The Morgan fingerprint density at radius 1 is 1.29 bits per heavy atom. The first kappa shape index (κ1) is 16.7. The van der Waals surface area contributed by atoms with Gasteiger partial charge < -0.3 is 0 Å². The van der Waals surface area contributed by atoms with E-state index in [9.17, 15) is 18.0 Å². The molecule has 2 heterocycles. The summed E-state index contributed by atoms with van der Waals surface area (Å²) in [5.41, 5.74) is 1.16. The van der Waals surface area contributed by atoms with Crippen LogP contribution in [0.1, 0.15) is 56.5 Å². The van der Waals surface area contributed by atoms with Crippen molar-refractivity contribution in [3.8, 4) is 11.3 Å². The van der Waals surface area contributed by atoms with Gasteiger partial charge >= 0.3 is 6.18 Å². The SMILES string of the molecule is CC(C)n1nc(-c2ccc(C(F)(F)F)nc2)cc1C1CCC(=O)C1. The van der Waals surface area contributed by atoms with Crippen LogP contribution in [0.5, 0.6) is 0 Å². The highest BCUT2D eigenvalue weighted by molar-refractivity contribution is 5.81. The Labute approximate surface area is 137 Å². The fraction of sp³-hybridized carbons (Fsp3) is 0.471. The van der Waals surface area contributed by atoms with E-state index < -0.39 is 11.9 Å². The molecule has 1 atom stereocenters. The highest BCUT2D eigenvalue weighted by Crippen LogP contribution is 2.35. The number of nitrogens with zero attached hydrogens (tertiary/aromatic N) is 3. The van der Waals surface area contributed by atoms with Crippen molar-refractivity contribution in [2.75, 3.05) is 0 Å². The molecule has 0 radical (unpaired) electrons. The van der Waals surface area contributed by atoms with Gasteiger partial charge in [-0.2, -0.15) is 18.3 Å². The number of carbonyl (C=O) groups is 1. The largest absolute Gasteiger partial charge is 0.433 e. The van der Waals surface area contributed by atoms with Crippen LogP contribution in [0.25, 0.3) is 11.3 Å². The second-order valence-corrected chi connectivity index (χ2v) is 6.40. The molecule has 0 aromatic carbocycles. The molecule has 0 bridgehead atoms. The van der Waals surface area contributed by atoms with Crippen molar-refractivity contribution in [2.24, 2.45) is 0 Å². The molecular formula is C17H18F3N3O. The van der Waals surface area contributed by atoms with Crippen molar-refractivity contribution in [1.82, 2.24) is 14.8 Å². The van der Waals surface area contributed by atoms with Crippen LogP contribution in [0.3, 0.4) is 0 Å². The maximum atomic E-state index is 12.6. The van der Waals surface area contributed by atoms with Crippen molar-refractivity contribution >= 4 is 5.78 Å². The Morgan fingerprint density at radius 2 is 2.04 bits per heavy atom. The normalized spacial score (nSPS) is 18.6. The van der Waals surface area contributed by atoms with Crippen molar-refractivity contribution in [1.29, 1.82) is 0 Å². The van der Waals surface area contributed by atoms with Crippen molar-refractivity contribution in [3.05, 3.63) is 35.8 Å². The topological polar surface area (TPSA) is 47.8 Å². The number of hydrogen-bond donors (Lipinski definition) is 0. The molecule has 0 aliphatic heterocycles. The van der Waals surface area contributed by atoms with Gasteiger partial charge in [0.15, 0.2) is 0 Å². The lowest BCUT2D eigenvalue weighted by Crippen LogP contribution is -2.10. The highest BCUT2D eigenvalue weighted by Gasteiger charge is 2.32. The minimum atomic E-state index is -4.45. The van der Waals surface area contributed by atoms with E-state index in [0.717, 1.165) is 18.2 Å². The van der Waals surface area contributed by atoms with Crippen LogP contribution in [-0.4, -0.2) is 20.5 Å². The Balaban J connectivity index is 1.95. The summed E-state index contributed by atoms with van der Waals surface area (Å²) in [6, 6.07) is 4.31. The average Bonchev–Trinajstić information content (AvgIpc) is 3.12. The van der Waals surface area contributed by atoms with Crippen LogP contribution in [-0.2, 0) is 11.0 Å². The Hall–Kier alpha value is -2.18. The minimum absolute atomic E-state index is 0.104. The lowest BCUT2D eigenvalue weighted by atomic mass is 10.0. The molecule has 1 aliphatic carbocycles. The van der Waals surface area contributed by atoms with E-state index in [0.29, 0.717) is 24.1 Å². The fourth-order valence-electron chi connectivity index (χ4n) is 3.05. The number of ketones is 1. The standard InChI is InChI=1S/C17H18F3N3O/c1-10(2)23-15(11-3-5-13(24)7-11)8-14(22-23)12-4-6-16(21-9-12)17(18,19)20/h4,6,8-11H,3,5,7H2,1-2H3. The molecule has 1 saturated carbocycles. The van der Waals surface area contributed by atoms with E-state index in [2.05, 4.69) is 10.1 Å². The molecule has 0 amide bonds. The van der Waals surface area contributed by atoms with Gasteiger partial charge in [0.05, 0.1) is 5.69 Å². The first-order chi connectivity index (χ1) is 11.3. The molecule has 7 heteroatoms. The summed E-state index contributed by atoms with van der Waals surface area (Å²) in [6.07, 6.45) is -1.39. The quantitative estimate of drug-likeness (QED) is 0.835. The monoisotopic (exact) mass is 337 g/mol. The average molecular weight is 337 g/mol. The molecule has 0 N–H and O–H groups in total. The van der Waals surface area contributed by atoms with Crippen LogP contribution >= 0.6 is 0 Å². The van der Waals surface area contributed by atoms with Crippen molar-refractivity contribution in [2.45, 2.75) is 51.2 Å². The predicted molar refractivity (Wildman–Crippen MR) is 82.4 cm³/mol. The Morgan fingerprint density at radius 3 is 2.54 bits per heavy atom. The number of pyridine rings is 1. The zero-order chi connectivity index (χ0) is 17.5. The van der Waals surface area contributed by atoms with E-state index >= 15 is 0 Å². The molecule has 3 rings (SSSR count). The third-order valence-electron chi connectivity index (χ3n) is 4.27. The van der Waals surface area contributed by atoms with Gasteiger partial charge in [-0.3, -0.25) is 14.5 Å². The van der Waals surface area contributed by atoms with Gasteiger partial charge in [-0.05, 0) is 38.5 Å². The van der Waals surface area contributed by atoms with E-state index in [4.69, 9.17) is 0 Å². The zero-order valence-corrected chi connectivity index (χ0v) is 13.5. The van der Waals surface area contributed by atoms with Gasteiger partial charge in [0.1, 0.15) is 11.5 Å². The first-order valence-corrected chi connectivity index (χ1v) is 7.90. The molecule has 24 heavy (non-hydrogen) atoms. The van der Waals surface area contributed by atoms with Crippen LogP contribution in [0.15, 0.2) is 24.4 Å². The third kappa shape index (κ3) is 3.20. The van der Waals surface area contributed by atoms with E-state index in [-0.39, 0.29) is 17.7 Å². The number of aromatic nitrogens is 3. The Bertz CT molecular complexity index is 747. The fourth-order valence-corrected chi connectivity index (χ4v) is 3.05. The number of alkyl halides is 3. The maximum absolute atomic E-state index is 12.6. The van der Waals surface area contributed by atoms with Gasteiger partial charge in [0.25, 0.3) is 0 Å². The van der Waals surface area contributed by atoms with E-state index in [1.54, 1.807) is 0 Å². The number of halogens is 3. The van der Waals surface area contributed by atoms with E-state index in [1.165, 1.54) is 12.3 Å². The maximum Gasteiger partial charge on any atom is 0.433 e. The lowest BCUT2D eigenvalue weighted by Gasteiger charge is -2.14. The summed E-state index contributed by atoms with van der Waals surface area (Å²) in [4.78, 5) is 15.1. The number of hydrogen-bond acceptors (Lipinski definition) is 3. The molecule has 128 valence electrons. The highest BCUT2D eigenvalue weighted by atomic mass is 19.4. The zero-order valence-electron chi connectivity index (χ0n) is 13.5. The van der Waals surface area contributed by atoms with Gasteiger partial charge in [-0.1, -0.05) is 0 Å². The van der Waals surface area contributed by atoms with Crippen LogP contribution in [0, 0.1) is 0 Å². The summed E-state index contributed by atoms with van der Waals surface area (Å²) < 4.78 is 39.7.